The lowest BCUT2D eigenvalue weighted by molar-refractivity contribution is -0.910. The van der Waals surface area contributed by atoms with E-state index < -0.39 is 0 Å². The van der Waals surface area contributed by atoms with E-state index in [2.05, 4.69) is 33.2 Å². The van der Waals surface area contributed by atoms with E-state index in [-0.39, 0.29) is 19.0 Å². The summed E-state index contributed by atoms with van der Waals surface area (Å²) in [5.41, 5.74) is 0. The first-order valence-corrected chi connectivity index (χ1v) is 11.3. The van der Waals surface area contributed by atoms with Crippen molar-refractivity contribution in [2.24, 2.45) is 0 Å². The SMILES string of the molecule is CCCCCCCC/C=C\CCCCCCCCOC[N+](C)(C)CCO.[Cl-]. The van der Waals surface area contributed by atoms with Crippen molar-refractivity contribution < 1.29 is 26.7 Å². The van der Waals surface area contributed by atoms with E-state index in [1.165, 1.54) is 83.5 Å². The molecule has 164 valence electrons. The first-order valence-electron chi connectivity index (χ1n) is 11.3. The number of rotatable bonds is 20. The van der Waals surface area contributed by atoms with Gasteiger partial charge in [-0.05, 0) is 32.1 Å². The molecule has 0 saturated heterocycles. The van der Waals surface area contributed by atoms with Gasteiger partial charge in [0.1, 0.15) is 6.54 Å². The fraction of sp³-hybridized carbons (Fsp3) is 0.913. The van der Waals surface area contributed by atoms with Gasteiger partial charge < -0.3 is 26.7 Å². The number of hydrogen-bond donors (Lipinski definition) is 1. The number of ether oxygens (including phenoxy) is 1. The predicted octanol–water partition coefficient (Wildman–Crippen LogP) is 3.07. The Hall–Kier alpha value is -0.0900. The van der Waals surface area contributed by atoms with Gasteiger partial charge in [-0.2, -0.15) is 0 Å². The summed E-state index contributed by atoms with van der Waals surface area (Å²) < 4.78 is 6.46. The number of aliphatic hydroxyl groups excluding tert-OH is 1. The number of halogens is 1. The largest absolute Gasteiger partial charge is 1.00 e. The van der Waals surface area contributed by atoms with Crippen molar-refractivity contribution in [3.63, 3.8) is 0 Å². The molecule has 0 aromatic carbocycles. The zero-order valence-corrected chi connectivity index (χ0v) is 19.3. The fourth-order valence-electron chi connectivity index (χ4n) is 3.10. The molecule has 0 aliphatic carbocycles. The van der Waals surface area contributed by atoms with Crippen molar-refractivity contribution in [1.29, 1.82) is 0 Å². The highest BCUT2D eigenvalue weighted by atomic mass is 35.5. The molecule has 1 N–H and O–H groups in total. The zero-order chi connectivity index (χ0) is 19.3. The van der Waals surface area contributed by atoms with E-state index in [0.29, 0.717) is 6.73 Å². The third kappa shape index (κ3) is 23.9. The lowest BCUT2D eigenvalue weighted by Gasteiger charge is -2.28. The Labute approximate surface area is 176 Å². The van der Waals surface area contributed by atoms with Crippen LogP contribution in [-0.2, 0) is 4.74 Å². The summed E-state index contributed by atoms with van der Waals surface area (Å²) in [5, 5.41) is 8.98. The van der Waals surface area contributed by atoms with E-state index in [4.69, 9.17) is 9.84 Å². The second-order valence-corrected chi connectivity index (χ2v) is 8.36. The van der Waals surface area contributed by atoms with E-state index in [9.17, 15) is 0 Å². The summed E-state index contributed by atoms with van der Waals surface area (Å²) in [6.07, 6.45) is 23.6. The quantitative estimate of drug-likeness (QED) is 0.146. The van der Waals surface area contributed by atoms with E-state index in [1.807, 2.05) is 0 Å². The summed E-state index contributed by atoms with van der Waals surface area (Å²) in [6.45, 7) is 4.82. The fourth-order valence-corrected chi connectivity index (χ4v) is 3.10. The summed E-state index contributed by atoms with van der Waals surface area (Å²) >= 11 is 0. The molecule has 0 aliphatic heterocycles. The highest BCUT2D eigenvalue weighted by Crippen LogP contribution is 2.10. The third-order valence-electron chi connectivity index (χ3n) is 4.95. The molecule has 0 aliphatic rings. The number of likely N-dealkylation sites (N-methyl/N-ethyl adjacent to an activating group) is 1. The van der Waals surface area contributed by atoms with Crippen LogP contribution in [-0.4, -0.2) is 50.2 Å². The number of unbranched alkanes of at least 4 members (excludes halogenated alkanes) is 12. The molecule has 3 nitrogen and oxygen atoms in total. The smallest absolute Gasteiger partial charge is 0.182 e. The van der Waals surface area contributed by atoms with Gasteiger partial charge in [0, 0.05) is 0 Å². The van der Waals surface area contributed by atoms with Gasteiger partial charge in [0.15, 0.2) is 6.73 Å². The van der Waals surface area contributed by atoms with Crippen molar-refractivity contribution in [2.45, 2.75) is 96.8 Å². The minimum Gasteiger partial charge on any atom is -1.00 e. The van der Waals surface area contributed by atoms with Crippen LogP contribution >= 0.6 is 0 Å². The maximum absolute atomic E-state index is 8.98. The van der Waals surface area contributed by atoms with Gasteiger partial charge >= 0.3 is 0 Å². The molecule has 0 aromatic heterocycles. The van der Waals surface area contributed by atoms with Crippen molar-refractivity contribution in [1.82, 2.24) is 0 Å². The molecular formula is C23H48ClNO2. The van der Waals surface area contributed by atoms with Gasteiger partial charge in [0.25, 0.3) is 0 Å². The maximum Gasteiger partial charge on any atom is 0.182 e. The third-order valence-corrected chi connectivity index (χ3v) is 4.95. The molecule has 0 aromatic rings. The first kappa shape index (κ1) is 29.1. The van der Waals surface area contributed by atoms with Crippen LogP contribution in [0.2, 0.25) is 0 Å². The lowest BCUT2D eigenvalue weighted by atomic mass is 10.1. The molecule has 0 amide bonds. The predicted molar refractivity (Wildman–Crippen MR) is 114 cm³/mol. The monoisotopic (exact) mass is 405 g/mol. The Balaban J connectivity index is 0. The van der Waals surface area contributed by atoms with Crippen molar-refractivity contribution in [2.75, 3.05) is 40.6 Å². The molecule has 27 heavy (non-hydrogen) atoms. The van der Waals surface area contributed by atoms with Crippen molar-refractivity contribution >= 4 is 0 Å². The molecule has 0 atom stereocenters. The van der Waals surface area contributed by atoms with Crippen LogP contribution in [0.15, 0.2) is 12.2 Å². The van der Waals surface area contributed by atoms with Crippen LogP contribution in [0.4, 0.5) is 0 Å². The van der Waals surface area contributed by atoms with Gasteiger partial charge in [-0.25, -0.2) is 0 Å². The number of nitrogens with zero attached hydrogens (tertiary/aromatic N) is 1. The minimum atomic E-state index is 0. The average molecular weight is 406 g/mol. The van der Waals surface area contributed by atoms with E-state index in [0.717, 1.165) is 24.1 Å². The Morgan fingerprint density at radius 1 is 0.741 bits per heavy atom. The first-order chi connectivity index (χ1) is 12.6. The zero-order valence-electron chi connectivity index (χ0n) is 18.6. The molecule has 0 heterocycles. The van der Waals surface area contributed by atoms with E-state index >= 15 is 0 Å². The molecule has 0 rings (SSSR count). The maximum atomic E-state index is 8.98. The second kappa shape index (κ2) is 22.2. The summed E-state index contributed by atoms with van der Waals surface area (Å²) in [5.74, 6) is 0. The topological polar surface area (TPSA) is 29.5 Å². The standard InChI is InChI=1S/C23H48NO2.ClH/c1-4-5-6-7-8-9-10-11-12-13-14-15-16-17-18-19-22-26-23-24(2,3)20-21-25;/h11-12,25H,4-10,13-23H2,1-3H3;1H/q+1;/p-1/b12-11-;. The van der Waals surface area contributed by atoms with Gasteiger partial charge in [-0.15, -0.1) is 0 Å². The Morgan fingerprint density at radius 2 is 1.22 bits per heavy atom. The van der Waals surface area contributed by atoms with Crippen LogP contribution < -0.4 is 12.4 Å². The van der Waals surface area contributed by atoms with E-state index in [1.54, 1.807) is 0 Å². The lowest BCUT2D eigenvalue weighted by Crippen LogP contribution is -3.00. The van der Waals surface area contributed by atoms with Crippen LogP contribution in [0, 0.1) is 0 Å². The molecule has 0 spiro atoms. The number of allylic oxidation sites excluding steroid dienone is 2. The Morgan fingerprint density at radius 3 is 1.74 bits per heavy atom. The molecule has 0 radical (unpaired) electrons. The molecule has 0 saturated carbocycles. The van der Waals surface area contributed by atoms with Gasteiger partial charge in [-0.3, -0.25) is 0 Å². The van der Waals surface area contributed by atoms with Gasteiger partial charge in [0.2, 0.25) is 0 Å². The highest BCUT2D eigenvalue weighted by molar-refractivity contribution is 4.81. The Kier molecular flexibility index (Phi) is 23.9. The van der Waals surface area contributed by atoms with Gasteiger partial charge in [-0.1, -0.05) is 76.9 Å². The molecule has 0 unspecified atom stereocenters. The number of quaternary nitrogens is 1. The second-order valence-electron chi connectivity index (χ2n) is 8.36. The molecule has 0 bridgehead atoms. The normalized spacial score (nSPS) is 11.9. The molecular weight excluding hydrogens is 358 g/mol. The summed E-state index contributed by atoms with van der Waals surface area (Å²) in [7, 11) is 4.19. The van der Waals surface area contributed by atoms with Crippen LogP contribution in [0.3, 0.4) is 0 Å². The number of hydrogen-bond acceptors (Lipinski definition) is 2. The average Bonchev–Trinajstić information content (AvgIpc) is 2.60. The minimum absolute atomic E-state index is 0. The van der Waals surface area contributed by atoms with Gasteiger partial charge in [0.05, 0.1) is 27.3 Å². The van der Waals surface area contributed by atoms with Crippen LogP contribution in [0.25, 0.3) is 0 Å². The van der Waals surface area contributed by atoms with Crippen LogP contribution in [0.1, 0.15) is 96.8 Å². The summed E-state index contributed by atoms with van der Waals surface area (Å²) in [6, 6.07) is 0. The van der Waals surface area contributed by atoms with Crippen molar-refractivity contribution in [3.8, 4) is 0 Å². The molecule has 4 heteroatoms. The summed E-state index contributed by atoms with van der Waals surface area (Å²) in [4.78, 5) is 0. The molecule has 0 fully saturated rings. The number of aliphatic hydroxyl groups is 1. The highest BCUT2D eigenvalue weighted by Gasteiger charge is 2.13. The Bertz CT molecular complexity index is 309. The van der Waals surface area contributed by atoms with Crippen LogP contribution in [0.5, 0.6) is 0 Å². The van der Waals surface area contributed by atoms with Crippen molar-refractivity contribution in [3.05, 3.63) is 12.2 Å².